The van der Waals surface area contributed by atoms with Gasteiger partial charge in [0, 0.05) is 31.7 Å². The molecule has 0 atom stereocenters. The molecule has 0 unspecified atom stereocenters. The quantitative estimate of drug-likeness (QED) is 0.390. The number of nitrogens with zero attached hydrogens (tertiary/aromatic N) is 1. The number of nitrogens with one attached hydrogen (secondary N) is 1. The number of hydrogen-bond donors (Lipinski definition) is 1. The van der Waals surface area contributed by atoms with Gasteiger partial charge in [0.25, 0.3) is 11.8 Å². The molecule has 0 aromatic carbocycles. The molecule has 86 valence electrons. The van der Waals surface area contributed by atoms with Gasteiger partial charge in [-0.05, 0) is 6.42 Å². The molecule has 0 bridgehead atoms. The van der Waals surface area contributed by atoms with Crippen LogP contribution in [0.1, 0.15) is 12.8 Å². The van der Waals surface area contributed by atoms with E-state index >= 15 is 0 Å². The molecule has 1 aliphatic heterocycles. The van der Waals surface area contributed by atoms with Gasteiger partial charge >= 0.3 is 0 Å². The van der Waals surface area contributed by atoms with E-state index in [-0.39, 0.29) is 30.7 Å². The summed E-state index contributed by atoms with van der Waals surface area (Å²) in [4.78, 5) is 34.6. The van der Waals surface area contributed by atoms with E-state index in [1.54, 1.807) is 6.08 Å². The van der Waals surface area contributed by atoms with Crippen LogP contribution >= 0.6 is 0 Å². The van der Waals surface area contributed by atoms with Crippen LogP contribution in [0.25, 0.3) is 0 Å². The third-order valence-electron chi connectivity index (χ3n) is 2.13. The van der Waals surface area contributed by atoms with E-state index in [2.05, 4.69) is 11.9 Å². The van der Waals surface area contributed by atoms with E-state index in [0.717, 1.165) is 4.90 Å². The fraction of sp³-hybridized carbons (Fsp3) is 0.364. The van der Waals surface area contributed by atoms with E-state index in [0.29, 0.717) is 13.0 Å². The van der Waals surface area contributed by atoms with E-state index in [1.807, 2.05) is 0 Å². The van der Waals surface area contributed by atoms with Crippen molar-refractivity contribution in [1.29, 1.82) is 0 Å². The Bertz CT molecular complexity index is 329. The fourth-order valence-corrected chi connectivity index (χ4v) is 1.27. The van der Waals surface area contributed by atoms with Crippen LogP contribution in [-0.4, -0.2) is 35.7 Å². The van der Waals surface area contributed by atoms with Crippen LogP contribution in [0.5, 0.6) is 0 Å². The lowest BCUT2D eigenvalue weighted by Crippen LogP contribution is -2.34. The van der Waals surface area contributed by atoms with Crippen molar-refractivity contribution in [1.82, 2.24) is 10.2 Å². The largest absolute Gasteiger partial charge is 0.356 e. The molecule has 0 radical (unpaired) electrons. The van der Waals surface area contributed by atoms with Crippen molar-refractivity contribution in [3.63, 3.8) is 0 Å². The topological polar surface area (TPSA) is 66.5 Å². The van der Waals surface area contributed by atoms with Gasteiger partial charge in [0.05, 0.1) is 0 Å². The summed E-state index contributed by atoms with van der Waals surface area (Å²) in [7, 11) is 0. The number of amides is 3. The van der Waals surface area contributed by atoms with Crippen molar-refractivity contribution >= 4 is 17.7 Å². The SMILES string of the molecule is C=CCCNC(=O)CCN1C(=O)C=CC1=O. The molecule has 0 aromatic heterocycles. The predicted octanol–water partition coefficient (Wildman–Crippen LogP) is -0.00620. The Morgan fingerprint density at radius 3 is 2.56 bits per heavy atom. The van der Waals surface area contributed by atoms with Crippen LogP contribution in [0.3, 0.4) is 0 Å². The molecule has 0 spiro atoms. The van der Waals surface area contributed by atoms with Crippen molar-refractivity contribution in [3.8, 4) is 0 Å². The van der Waals surface area contributed by atoms with Gasteiger partial charge in [-0.1, -0.05) is 6.08 Å². The predicted molar refractivity (Wildman–Crippen MR) is 58.3 cm³/mol. The highest BCUT2D eigenvalue weighted by Gasteiger charge is 2.23. The van der Waals surface area contributed by atoms with Crippen LogP contribution < -0.4 is 5.32 Å². The minimum Gasteiger partial charge on any atom is -0.356 e. The van der Waals surface area contributed by atoms with Crippen LogP contribution in [-0.2, 0) is 14.4 Å². The maximum absolute atomic E-state index is 11.3. The smallest absolute Gasteiger partial charge is 0.253 e. The molecule has 5 heteroatoms. The van der Waals surface area contributed by atoms with Gasteiger partial charge in [0.15, 0.2) is 0 Å². The number of carbonyl (C=O) groups is 3. The Hall–Kier alpha value is -1.91. The van der Waals surface area contributed by atoms with Crippen molar-refractivity contribution in [2.24, 2.45) is 0 Å². The molecule has 0 aromatic rings. The van der Waals surface area contributed by atoms with Gasteiger partial charge in [0.2, 0.25) is 5.91 Å². The Morgan fingerprint density at radius 2 is 2.00 bits per heavy atom. The molecule has 1 aliphatic rings. The number of hydrogen-bond acceptors (Lipinski definition) is 3. The minimum atomic E-state index is -0.358. The molecule has 1 N–H and O–H groups in total. The Balaban J connectivity index is 2.24. The number of imide groups is 1. The molecule has 1 heterocycles. The minimum absolute atomic E-state index is 0.130. The van der Waals surface area contributed by atoms with Crippen molar-refractivity contribution in [2.75, 3.05) is 13.1 Å². The zero-order chi connectivity index (χ0) is 12.0. The van der Waals surface area contributed by atoms with Crippen molar-refractivity contribution in [3.05, 3.63) is 24.8 Å². The first-order valence-corrected chi connectivity index (χ1v) is 5.06. The maximum atomic E-state index is 11.3. The molecule has 16 heavy (non-hydrogen) atoms. The molecular formula is C11H14N2O3. The lowest BCUT2D eigenvalue weighted by molar-refractivity contribution is -0.137. The summed E-state index contributed by atoms with van der Waals surface area (Å²) in [5.74, 6) is -0.887. The summed E-state index contributed by atoms with van der Waals surface area (Å²) in [6, 6.07) is 0. The number of rotatable bonds is 6. The van der Waals surface area contributed by atoms with E-state index < -0.39 is 0 Å². The summed E-state index contributed by atoms with van der Waals surface area (Å²) in [6.45, 7) is 4.19. The van der Waals surface area contributed by atoms with E-state index in [9.17, 15) is 14.4 Å². The molecule has 3 amide bonds. The summed E-state index contributed by atoms with van der Waals surface area (Å²) < 4.78 is 0. The van der Waals surface area contributed by atoms with E-state index in [4.69, 9.17) is 0 Å². The maximum Gasteiger partial charge on any atom is 0.253 e. The fourth-order valence-electron chi connectivity index (χ4n) is 1.27. The summed E-state index contributed by atoms with van der Waals surface area (Å²) >= 11 is 0. The molecule has 5 nitrogen and oxygen atoms in total. The Labute approximate surface area is 93.8 Å². The highest BCUT2D eigenvalue weighted by Crippen LogP contribution is 2.03. The van der Waals surface area contributed by atoms with Crippen LogP contribution in [0.15, 0.2) is 24.8 Å². The summed E-state index contributed by atoms with van der Waals surface area (Å²) in [6.07, 6.45) is 4.96. The Kier molecular flexibility index (Phi) is 4.44. The first-order valence-electron chi connectivity index (χ1n) is 5.06. The third-order valence-corrected chi connectivity index (χ3v) is 2.13. The molecule has 0 saturated heterocycles. The molecular weight excluding hydrogens is 208 g/mol. The standard InChI is InChI=1S/C11H14N2O3/c1-2-3-7-12-9(14)6-8-13-10(15)4-5-11(13)16/h2,4-5H,1,3,6-8H2,(H,12,14). The molecule has 0 saturated carbocycles. The highest BCUT2D eigenvalue weighted by atomic mass is 16.2. The van der Waals surface area contributed by atoms with E-state index in [1.165, 1.54) is 12.2 Å². The first-order chi connectivity index (χ1) is 7.65. The number of carbonyl (C=O) groups excluding carboxylic acids is 3. The van der Waals surface area contributed by atoms with Gasteiger partial charge in [-0.15, -0.1) is 6.58 Å². The van der Waals surface area contributed by atoms with Gasteiger partial charge in [0.1, 0.15) is 0 Å². The lowest BCUT2D eigenvalue weighted by atomic mass is 10.3. The molecule has 1 rings (SSSR count). The lowest BCUT2D eigenvalue weighted by Gasteiger charge is -2.12. The summed E-state index contributed by atoms with van der Waals surface area (Å²) in [5, 5.41) is 2.66. The first kappa shape index (κ1) is 12.2. The second-order valence-corrected chi connectivity index (χ2v) is 3.34. The molecule has 0 fully saturated rings. The average molecular weight is 222 g/mol. The average Bonchev–Trinajstić information content (AvgIpc) is 2.57. The third kappa shape index (κ3) is 3.34. The monoisotopic (exact) mass is 222 g/mol. The van der Waals surface area contributed by atoms with Crippen molar-refractivity contribution < 1.29 is 14.4 Å². The highest BCUT2D eigenvalue weighted by molar-refractivity contribution is 6.13. The second kappa shape index (κ2) is 5.85. The summed E-state index contributed by atoms with van der Waals surface area (Å²) in [5.41, 5.74) is 0. The van der Waals surface area contributed by atoms with Crippen LogP contribution in [0.2, 0.25) is 0 Å². The van der Waals surface area contributed by atoms with Gasteiger partial charge in [-0.3, -0.25) is 19.3 Å². The molecule has 0 aliphatic carbocycles. The van der Waals surface area contributed by atoms with Crippen molar-refractivity contribution in [2.45, 2.75) is 12.8 Å². The zero-order valence-electron chi connectivity index (χ0n) is 8.94. The van der Waals surface area contributed by atoms with Crippen LogP contribution in [0.4, 0.5) is 0 Å². The zero-order valence-corrected chi connectivity index (χ0v) is 8.94. The van der Waals surface area contributed by atoms with Crippen LogP contribution in [0, 0.1) is 0 Å². The Morgan fingerprint density at radius 1 is 1.38 bits per heavy atom. The second-order valence-electron chi connectivity index (χ2n) is 3.34. The van der Waals surface area contributed by atoms with Gasteiger partial charge in [-0.2, -0.15) is 0 Å². The van der Waals surface area contributed by atoms with Gasteiger partial charge < -0.3 is 5.32 Å². The van der Waals surface area contributed by atoms with Gasteiger partial charge in [-0.25, -0.2) is 0 Å². The normalized spacial score (nSPS) is 14.4.